The van der Waals surface area contributed by atoms with Gasteiger partial charge in [-0.25, -0.2) is 4.98 Å². The number of nitrogens with one attached hydrogen (secondary N) is 2. The number of aromatic nitrogens is 3. The van der Waals surface area contributed by atoms with Crippen LogP contribution in [0, 0.1) is 0 Å². The quantitative estimate of drug-likeness (QED) is 0.470. The second-order valence-electron chi connectivity index (χ2n) is 6.09. The first-order valence-corrected chi connectivity index (χ1v) is 9.44. The van der Waals surface area contributed by atoms with Crippen molar-refractivity contribution in [3.63, 3.8) is 0 Å². The van der Waals surface area contributed by atoms with Gasteiger partial charge >= 0.3 is 0 Å². The van der Waals surface area contributed by atoms with Gasteiger partial charge < -0.3 is 15.2 Å². The molecule has 2 aromatic carbocycles. The Labute approximate surface area is 169 Å². The van der Waals surface area contributed by atoms with Crippen molar-refractivity contribution < 1.29 is 14.6 Å². The number of amides is 1. The van der Waals surface area contributed by atoms with Gasteiger partial charge in [-0.3, -0.25) is 14.7 Å². The number of anilines is 1. The maximum absolute atomic E-state index is 12.5. The molecule has 0 unspecified atom stereocenters. The highest BCUT2D eigenvalue weighted by Crippen LogP contribution is 2.25. The summed E-state index contributed by atoms with van der Waals surface area (Å²) in [4.78, 5) is 29.3. The zero-order valence-corrected chi connectivity index (χ0v) is 16.1. The Kier molecular flexibility index (Phi) is 4.88. The summed E-state index contributed by atoms with van der Waals surface area (Å²) >= 11 is 1.26. The number of phenols is 1. The Bertz CT molecular complexity index is 1220. The van der Waals surface area contributed by atoms with Crippen molar-refractivity contribution in [1.82, 2.24) is 14.8 Å². The summed E-state index contributed by atoms with van der Waals surface area (Å²) in [5, 5.41) is 17.1. The number of hydrogen-bond acceptors (Lipinski definition) is 6. The lowest BCUT2D eigenvalue weighted by Crippen LogP contribution is -2.14. The molecule has 0 saturated heterocycles. The van der Waals surface area contributed by atoms with E-state index in [2.05, 4.69) is 15.4 Å². The van der Waals surface area contributed by atoms with Crippen molar-refractivity contribution in [2.24, 2.45) is 0 Å². The normalized spacial score (nSPS) is 10.7. The van der Waals surface area contributed by atoms with Crippen LogP contribution in [0.5, 0.6) is 11.5 Å². The van der Waals surface area contributed by atoms with Gasteiger partial charge in [0.1, 0.15) is 17.2 Å². The van der Waals surface area contributed by atoms with Crippen LogP contribution in [-0.4, -0.2) is 32.9 Å². The van der Waals surface area contributed by atoms with E-state index in [9.17, 15) is 14.7 Å². The number of aromatic hydroxyl groups is 1. The van der Waals surface area contributed by atoms with E-state index in [4.69, 9.17) is 4.74 Å². The number of H-pyrrole nitrogens is 1. The molecule has 1 amide bonds. The van der Waals surface area contributed by atoms with Crippen LogP contribution in [0.2, 0.25) is 0 Å². The third-order valence-corrected chi connectivity index (χ3v) is 4.96. The molecule has 4 rings (SSSR count). The van der Waals surface area contributed by atoms with E-state index in [1.807, 2.05) is 0 Å². The van der Waals surface area contributed by atoms with Crippen LogP contribution in [0.4, 0.5) is 5.69 Å². The predicted octanol–water partition coefficient (Wildman–Crippen LogP) is 3.26. The number of benzene rings is 2. The minimum atomic E-state index is -0.454. The lowest BCUT2D eigenvalue weighted by Gasteiger charge is -2.05. The highest BCUT2D eigenvalue weighted by molar-refractivity contribution is 7.12. The molecule has 0 atom stereocenters. The van der Waals surface area contributed by atoms with Gasteiger partial charge in [0.25, 0.3) is 11.5 Å². The van der Waals surface area contributed by atoms with Crippen LogP contribution in [0.15, 0.2) is 64.8 Å². The Morgan fingerprint density at radius 2 is 2.00 bits per heavy atom. The predicted molar refractivity (Wildman–Crippen MR) is 110 cm³/mol. The van der Waals surface area contributed by atoms with Gasteiger partial charge in [-0.1, -0.05) is 6.07 Å². The van der Waals surface area contributed by atoms with Crippen molar-refractivity contribution in [3.8, 4) is 27.9 Å². The first-order chi connectivity index (χ1) is 14.0. The molecule has 29 heavy (non-hydrogen) atoms. The van der Waals surface area contributed by atoms with E-state index < -0.39 is 11.5 Å². The Balaban J connectivity index is 1.57. The highest BCUT2D eigenvalue weighted by Gasteiger charge is 2.15. The van der Waals surface area contributed by atoms with Crippen molar-refractivity contribution in [2.75, 3.05) is 12.4 Å². The average molecular weight is 408 g/mol. The van der Waals surface area contributed by atoms with Gasteiger partial charge in [-0.05, 0) is 36.4 Å². The van der Waals surface area contributed by atoms with Crippen LogP contribution in [-0.2, 0) is 0 Å². The van der Waals surface area contributed by atoms with E-state index in [0.29, 0.717) is 22.3 Å². The number of methoxy groups -OCH3 is 1. The van der Waals surface area contributed by atoms with E-state index in [0.717, 1.165) is 5.56 Å². The molecule has 8 nitrogen and oxygen atoms in total. The Morgan fingerprint density at radius 3 is 2.76 bits per heavy atom. The summed E-state index contributed by atoms with van der Waals surface area (Å²) in [6.07, 6.45) is 0. The molecule has 0 aliphatic carbocycles. The molecule has 2 aromatic heterocycles. The van der Waals surface area contributed by atoms with Crippen LogP contribution in [0.3, 0.4) is 0 Å². The topological polar surface area (TPSA) is 109 Å². The molecule has 9 heteroatoms. The fourth-order valence-corrected chi connectivity index (χ4v) is 3.48. The van der Waals surface area contributed by atoms with E-state index in [1.54, 1.807) is 61.0 Å². The number of thiazole rings is 1. The molecule has 3 N–H and O–H groups in total. The number of rotatable bonds is 5. The third kappa shape index (κ3) is 3.90. The summed E-state index contributed by atoms with van der Waals surface area (Å²) in [5.74, 6) is 0.319. The maximum atomic E-state index is 12.5. The molecule has 0 spiro atoms. The SMILES string of the molecule is COc1cccc(NC(=O)c2cc(=O)n(-c3nc(-c4ccc(O)cc4)cs3)[nH]2)c1. The van der Waals surface area contributed by atoms with Crippen molar-refractivity contribution >= 4 is 22.9 Å². The van der Waals surface area contributed by atoms with Crippen LogP contribution in [0.1, 0.15) is 10.5 Å². The van der Waals surface area contributed by atoms with Crippen LogP contribution >= 0.6 is 11.3 Å². The Morgan fingerprint density at radius 1 is 1.21 bits per heavy atom. The lowest BCUT2D eigenvalue weighted by atomic mass is 10.2. The van der Waals surface area contributed by atoms with Crippen LogP contribution < -0.4 is 15.6 Å². The number of hydrogen-bond donors (Lipinski definition) is 3. The third-order valence-electron chi connectivity index (χ3n) is 4.14. The van der Waals surface area contributed by atoms with Crippen molar-refractivity contribution in [3.05, 3.63) is 76.0 Å². The molecule has 0 radical (unpaired) electrons. The smallest absolute Gasteiger partial charge is 0.274 e. The first kappa shape index (κ1) is 18.5. The molecule has 0 aliphatic rings. The largest absolute Gasteiger partial charge is 0.508 e. The molecular weight excluding hydrogens is 392 g/mol. The fourth-order valence-electron chi connectivity index (χ4n) is 2.69. The Hall–Kier alpha value is -3.85. The van der Waals surface area contributed by atoms with Gasteiger partial charge in [-0.2, -0.15) is 4.68 Å². The maximum Gasteiger partial charge on any atom is 0.274 e. The van der Waals surface area contributed by atoms with Gasteiger partial charge in [0.15, 0.2) is 0 Å². The van der Waals surface area contributed by atoms with Gasteiger partial charge in [0, 0.05) is 28.8 Å². The molecule has 2 heterocycles. The number of carbonyl (C=O) groups is 1. The number of carbonyl (C=O) groups excluding carboxylic acids is 1. The van der Waals surface area contributed by atoms with Crippen LogP contribution in [0.25, 0.3) is 16.4 Å². The number of aromatic amines is 1. The van der Waals surface area contributed by atoms with Crippen molar-refractivity contribution in [1.29, 1.82) is 0 Å². The summed E-state index contributed by atoms with van der Waals surface area (Å²) in [6.45, 7) is 0. The zero-order valence-electron chi connectivity index (χ0n) is 15.2. The lowest BCUT2D eigenvalue weighted by molar-refractivity contribution is 0.102. The average Bonchev–Trinajstić information content (AvgIpc) is 3.35. The molecule has 146 valence electrons. The fraction of sp³-hybridized carbons (Fsp3) is 0.0500. The number of nitrogens with zero attached hydrogens (tertiary/aromatic N) is 2. The van der Waals surface area contributed by atoms with E-state index in [-0.39, 0.29) is 11.4 Å². The number of phenolic OH excluding ortho intramolecular Hbond substituents is 1. The molecule has 0 aliphatic heterocycles. The van der Waals surface area contributed by atoms with E-state index in [1.165, 1.54) is 22.1 Å². The molecule has 0 fully saturated rings. The summed E-state index contributed by atoms with van der Waals surface area (Å²) in [6, 6.07) is 14.7. The van der Waals surface area contributed by atoms with Crippen molar-refractivity contribution in [2.45, 2.75) is 0 Å². The van der Waals surface area contributed by atoms with Gasteiger partial charge in [0.2, 0.25) is 5.13 Å². The summed E-state index contributed by atoms with van der Waals surface area (Å²) in [7, 11) is 1.54. The van der Waals surface area contributed by atoms with E-state index >= 15 is 0 Å². The van der Waals surface area contributed by atoms with Gasteiger partial charge in [0.05, 0.1) is 12.8 Å². The molecule has 0 saturated carbocycles. The highest BCUT2D eigenvalue weighted by atomic mass is 32.1. The zero-order chi connectivity index (χ0) is 20.4. The molecular formula is C20H16N4O4S. The second kappa shape index (κ2) is 7.64. The second-order valence-corrected chi connectivity index (χ2v) is 6.93. The minimum Gasteiger partial charge on any atom is -0.508 e. The van der Waals surface area contributed by atoms with Gasteiger partial charge in [-0.15, -0.1) is 11.3 Å². The number of ether oxygens (including phenoxy) is 1. The molecule has 0 bridgehead atoms. The minimum absolute atomic E-state index is 0.110. The summed E-state index contributed by atoms with van der Waals surface area (Å²) in [5.41, 5.74) is 1.73. The summed E-state index contributed by atoms with van der Waals surface area (Å²) < 4.78 is 6.35. The molecule has 4 aromatic rings. The first-order valence-electron chi connectivity index (χ1n) is 8.56. The standard InChI is InChI=1S/C20H16N4O4S/c1-28-15-4-2-3-13(9-15)21-19(27)16-10-18(26)24(23-16)20-22-17(11-29-20)12-5-7-14(25)8-6-12/h2-11,23,25H,1H3,(H,21,27). The monoisotopic (exact) mass is 408 g/mol.